The Morgan fingerprint density at radius 2 is 1.88 bits per heavy atom. The summed E-state index contributed by atoms with van der Waals surface area (Å²) in [6, 6.07) is 12.0. The zero-order chi connectivity index (χ0) is 16.7. The first-order chi connectivity index (χ1) is 11.6. The molecule has 0 bridgehead atoms. The molecule has 0 N–H and O–H groups in total. The summed E-state index contributed by atoms with van der Waals surface area (Å²) in [6.45, 7) is 1.16. The van der Waals surface area contributed by atoms with Gasteiger partial charge in [-0.15, -0.1) is 0 Å². The number of halogens is 1. The largest absolute Gasteiger partial charge is 0.450 e. The Labute approximate surface area is 138 Å². The average molecular weight is 325 g/mol. The van der Waals surface area contributed by atoms with Gasteiger partial charge >= 0.3 is 5.97 Å². The van der Waals surface area contributed by atoms with Gasteiger partial charge in [0.2, 0.25) is 0 Å². The van der Waals surface area contributed by atoms with E-state index in [1.807, 2.05) is 23.1 Å². The summed E-state index contributed by atoms with van der Waals surface area (Å²) in [5.41, 5.74) is 1.78. The number of hydrogen-bond acceptors (Lipinski definition) is 4. The fraction of sp³-hybridized carbons (Fsp3) is 0.263. The van der Waals surface area contributed by atoms with Gasteiger partial charge < -0.3 is 9.64 Å². The Kier molecular flexibility index (Phi) is 3.37. The number of esters is 1. The monoisotopic (exact) mass is 325 g/mol. The topological polar surface area (TPSA) is 46.6 Å². The molecule has 2 aromatic rings. The summed E-state index contributed by atoms with van der Waals surface area (Å²) in [6.07, 6.45) is 1.86. The zero-order valence-corrected chi connectivity index (χ0v) is 13.0. The van der Waals surface area contributed by atoms with E-state index in [9.17, 15) is 14.0 Å². The fourth-order valence-corrected chi connectivity index (χ4v) is 3.68. The van der Waals surface area contributed by atoms with Crippen molar-refractivity contribution in [2.45, 2.75) is 18.4 Å². The van der Waals surface area contributed by atoms with Crippen molar-refractivity contribution in [2.75, 3.05) is 18.0 Å². The molecule has 2 aromatic carbocycles. The predicted molar refractivity (Wildman–Crippen MR) is 86.8 cm³/mol. The Bertz CT molecular complexity index is 825. The Hall–Kier alpha value is -2.69. The number of carbonyl (C=O) groups excluding carboxylic acids is 2. The summed E-state index contributed by atoms with van der Waals surface area (Å²) < 4.78 is 19.9. The van der Waals surface area contributed by atoms with Gasteiger partial charge in [0.15, 0.2) is 0 Å². The minimum atomic E-state index is -0.594. The number of nitrogens with zero attached hydrogens (tertiary/aromatic N) is 1. The third-order valence-electron chi connectivity index (χ3n) is 4.95. The van der Waals surface area contributed by atoms with Gasteiger partial charge in [0.1, 0.15) is 17.7 Å². The molecule has 122 valence electrons. The standard InChI is InChI=1S/C19H16FNO3/c20-16-11-13(12-22)5-6-17(16)21-9-7-19(8-10-21)15-4-2-1-3-14(15)18(23)24-19/h1-6,11-12H,7-10H2. The lowest BCUT2D eigenvalue weighted by atomic mass is 9.83. The van der Waals surface area contributed by atoms with Gasteiger partial charge in [-0.25, -0.2) is 9.18 Å². The number of rotatable bonds is 2. The van der Waals surface area contributed by atoms with E-state index < -0.39 is 11.4 Å². The van der Waals surface area contributed by atoms with Crippen LogP contribution in [0, 0.1) is 5.82 Å². The van der Waals surface area contributed by atoms with Gasteiger partial charge in [0, 0.05) is 37.1 Å². The second-order valence-corrected chi connectivity index (χ2v) is 6.25. The summed E-state index contributed by atoms with van der Waals surface area (Å²) in [5, 5.41) is 0. The number of benzene rings is 2. The molecule has 2 aliphatic heterocycles. The van der Waals surface area contributed by atoms with Gasteiger partial charge in [-0.2, -0.15) is 0 Å². The summed E-state index contributed by atoms with van der Waals surface area (Å²) in [4.78, 5) is 24.8. The molecule has 0 amide bonds. The highest BCUT2D eigenvalue weighted by Gasteiger charge is 2.47. The van der Waals surface area contributed by atoms with Crippen LogP contribution in [0.2, 0.25) is 0 Å². The molecule has 0 atom stereocenters. The van der Waals surface area contributed by atoms with Crippen LogP contribution in [0.3, 0.4) is 0 Å². The van der Waals surface area contributed by atoms with E-state index in [0.717, 1.165) is 5.56 Å². The number of anilines is 1. The number of hydrogen-bond donors (Lipinski definition) is 0. The number of piperidine rings is 1. The second kappa shape index (κ2) is 5.44. The van der Waals surface area contributed by atoms with Gasteiger partial charge in [-0.05, 0) is 24.3 Å². The molecule has 4 nitrogen and oxygen atoms in total. The number of fused-ring (bicyclic) bond motifs is 2. The van der Waals surface area contributed by atoms with Crippen molar-refractivity contribution in [1.29, 1.82) is 0 Å². The van der Waals surface area contributed by atoms with Gasteiger partial charge in [0.05, 0.1) is 11.3 Å². The molecule has 1 fully saturated rings. The quantitative estimate of drug-likeness (QED) is 0.628. The molecule has 24 heavy (non-hydrogen) atoms. The highest BCUT2D eigenvalue weighted by molar-refractivity contribution is 5.94. The van der Waals surface area contributed by atoms with Crippen LogP contribution in [0.25, 0.3) is 0 Å². The second-order valence-electron chi connectivity index (χ2n) is 6.25. The zero-order valence-electron chi connectivity index (χ0n) is 13.0. The first-order valence-electron chi connectivity index (χ1n) is 7.95. The van der Waals surface area contributed by atoms with Crippen molar-refractivity contribution in [3.63, 3.8) is 0 Å². The molecule has 4 rings (SSSR count). The highest BCUT2D eigenvalue weighted by Crippen LogP contribution is 2.44. The third-order valence-corrected chi connectivity index (χ3v) is 4.95. The highest BCUT2D eigenvalue weighted by atomic mass is 19.1. The lowest BCUT2D eigenvalue weighted by Gasteiger charge is -2.39. The minimum absolute atomic E-state index is 0.277. The maximum Gasteiger partial charge on any atom is 0.339 e. The molecular formula is C19H16FNO3. The van der Waals surface area contributed by atoms with Crippen LogP contribution >= 0.6 is 0 Å². The van der Waals surface area contributed by atoms with Crippen LogP contribution in [-0.2, 0) is 10.3 Å². The first kappa shape index (κ1) is 14.9. The van der Waals surface area contributed by atoms with Crippen molar-refractivity contribution in [1.82, 2.24) is 0 Å². The summed E-state index contributed by atoms with van der Waals surface area (Å²) in [5.74, 6) is -0.681. The molecule has 0 saturated carbocycles. The van der Waals surface area contributed by atoms with Crippen molar-refractivity contribution < 1.29 is 18.7 Å². The minimum Gasteiger partial charge on any atom is -0.450 e. The van der Waals surface area contributed by atoms with E-state index in [0.29, 0.717) is 49.0 Å². The molecule has 0 aliphatic carbocycles. The van der Waals surface area contributed by atoms with E-state index in [1.54, 1.807) is 18.2 Å². The Morgan fingerprint density at radius 1 is 1.12 bits per heavy atom. The van der Waals surface area contributed by atoms with E-state index in [2.05, 4.69) is 0 Å². The lowest BCUT2D eigenvalue weighted by Crippen LogP contribution is -2.43. The van der Waals surface area contributed by atoms with E-state index in [1.165, 1.54) is 6.07 Å². The van der Waals surface area contributed by atoms with Gasteiger partial charge in [-0.3, -0.25) is 4.79 Å². The van der Waals surface area contributed by atoms with Gasteiger partial charge in [-0.1, -0.05) is 18.2 Å². The van der Waals surface area contributed by atoms with Crippen LogP contribution in [-0.4, -0.2) is 25.3 Å². The third kappa shape index (κ3) is 2.19. The fourth-order valence-electron chi connectivity index (χ4n) is 3.68. The summed E-state index contributed by atoms with van der Waals surface area (Å²) >= 11 is 0. The smallest absolute Gasteiger partial charge is 0.339 e. The number of aldehydes is 1. The molecule has 5 heteroatoms. The van der Waals surface area contributed by atoms with Crippen LogP contribution < -0.4 is 4.90 Å². The van der Waals surface area contributed by atoms with Crippen molar-refractivity contribution in [3.05, 3.63) is 65.0 Å². The molecule has 2 aliphatic rings. The van der Waals surface area contributed by atoms with Crippen molar-refractivity contribution in [3.8, 4) is 0 Å². The molecule has 1 spiro atoms. The van der Waals surface area contributed by atoms with Crippen molar-refractivity contribution in [2.24, 2.45) is 0 Å². The molecule has 0 aromatic heterocycles. The molecule has 2 heterocycles. The van der Waals surface area contributed by atoms with E-state index in [4.69, 9.17) is 4.74 Å². The maximum absolute atomic E-state index is 14.2. The van der Waals surface area contributed by atoms with Crippen molar-refractivity contribution >= 4 is 17.9 Å². The van der Waals surface area contributed by atoms with Crippen LogP contribution in [0.1, 0.15) is 39.1 Å². The average Bonchev–Trinajstić information content (AvgIpc) is 2.88. The van der Waals surface area contributed by atoms with Crippen LogP contribution in [0.4, 0.5) is 10.1 Å². The predicted octanol–water partition coefficient (Wildman–Crippen LogP) is 3.30. The summed E-state index contributed by atoms with van der Waals surface area (Å²) in [7, 11) is 0. The van der Waals surface area contributed by atoms with Crippen LogP contribution in [0.15, 0.2) is 42.5 Å². The number of carbonyl (C=O) groups is 2. The Balaban J connectivity index is 1.58. The molecule has 0 radical (unpaired) electrons. The number of ether oxygens (including phenoxy) is 1. The first-order valence-corrected chi connectivity index (χ1v) is 7.95. The lowest BCUT2D eigenvalue weighted by molar-refractivity contribution is -0.0211. The maximum atomic E-state index is 14.2. The molecule has 1 saturated heterocycles. The van der Waals surface area contributed by atoms with Crippen LogP contribution in [0.5, 0.6) is 0 Å². The van der Waals surface area contributed by atoms with E-state index >= 15 is 0 Å². The Morgan fingerprint density at radius 3 is 2.58 bits per heavy atom. The normalized spacial score (nSPS) is 18.4. The van der Waals surface area contributed by atoms with E-state index in [-0.39, 0.29) is 5.97 Å². The molecule has 0 unspecified atom stereocenters. The SMILES string of the molecule is O=Cc1ccc(N2CCC3(CC2)OC(=O)c2ccccc23)c(F)c1. The molecular weight excluding hydrogens is 309 g/mol. The van der Waals surface area contributed by atoms with Gasteiger partial charge in [0.25, 0.3) is 0 Å².